The summed E-state index contributed by atoms with van der Waals surface area (Å²) in [5.74, 6) is 0.587. The molecular formula is C11H15N3O2S. The molecule has 0 aliphatic heterocycles. The highest BCUT2D eigenvalue weighted by atomic mass is 32.1. The number of carbonyl (C=O) groups is 1. The molecule has 2 aliphatic carbocycles. The van der Waals surface area contributed by atoms with E-state index in [1.165, 1.54) is 6.20 Å². The Balaban J connectivity index is 1.60. The van der Waals surface area contributed by atoms with Crippen LogP contribution in [0.3, 0.4) is 0 Å². The summed E-state index contributed by atoms with van der Waals surface area (Å²) < 4.78 is 3.65. The summed E-state index contributed by atoms with van der Waals surface area (Å²) in [6.45, 7) is 0.360. The molecule has 17 heavy (non-hydrogen) atoms. The lowest BCUT2D eigenvalue weighted by Crippen LogP contribution is -2.46. The van der Waals surface area contributed by atoms with Crippen molar-refractivity contribution in [3.05, 3.63) is 11.1 Å². The van der Waals surface area contributed by atoms with Gasteiger partial charge in [0.15, 0.2) is 0 Å². The molecular weight excluding hydrogens is 238 g/mol. The lowest BCUT2D eigenvalue weighted by atomic mass is 9.92. The summed E-state index contributed by atoms with van der Waals surface area (Å²) in [5, 5.41) is 17.0. The van der Waals surface area contributed by atoms with Crippen molar-refractivity contribution in [2.24, 2.45) is 11.8 Å². The highest BCUT2D eigenvalue weighted by molar-refractivity contribution is 7.07. The van der Waals surface area contributed by atoms with Crippen molar-refractivity contribution in [3.63, 3.8) is 0 Å². The van der Waals surface area contributed by atoms with Gasteiger partial charge in [-0.2, -0.15) is 0 Å². The molecule has 92 valence electrons. The van der Waals surface area contributed by atoms with Crippen LogP contribution in [-0.2, 0) is 0 Å². The Kier molecular flexibility index (Phi) is 2.63. The fourth-order valence-electron chi connectivity index (χ4n) is 2.36. The number of rotatable bonds is 5. The molecule has 2 saturated carbocycles. The van der Waals surface area contributed by atoms with Crippen LogP contribution in [0.15, 0.2) is 6.20 Å². The standard InChI is InChI=1S/C11H15N3O2S/c15-10(9-5-13-14-17-9)12-6-11(16,7-1-2-7)8-3-4-8/h5,7-8,16H,1-4,6H2,(H,12,15). The van der Waals surface area contributed by atoms with Gasteiger partial charge in [-0.05, 0) is 49.1 Å². The smallest absolute Gasteiger partial charge is 0.264 e. The van der Waals surface area contributed by atoms with E-state index >= 15 is 0 Å². The van der Waals surface area contributed by atoms with Crippen molar-refractivity contribution in [1.29, 1.82) is 0 Å². The second-order valence-electron chi connectivity index (χ2n) is 5.00. The maximum absolute atomic E-state index is 11.7. The first-order valence-corrected chi connectivity index (χ1v) is 6.75. The van der Waals surface area contributed by atoms with Gasteiger partial charge in [0.05, 0.1) is 11.8 Å². The maximum Gasteiger partial charge on any atom is 0.264 e. The summed E-state index contributed by atoms with van der Waals surface area (Å²) >= 11 is 1.07. The van der Waals surface area contributed by atoms with Gasteiger partial charge in [-0.25, -0.2) is 0 Å². The van der Waals surface area contributed by atoms with Crippen molar-refractivity contribution in [2.75, 3.05) is 6.54 Å². The third-order valence-corrected chi connectivity index (χ3v) is 4.35. The molecule has 1 aromatic heterocycles. The van der Waals surface area contributed by atoms with Gasteiger partial charge >= 0.3 is 0 Å². The summed E-state index contributed by atoms with van der Waals surface area (Å²) in [6.07, 6.45) is 5.80. The van der Waals surface area contributed by atoms with Crippen LogP contribution in [0.1, 0.15) is 35.4 Å². The Labute approximate surface area is 103 Å². The minimum absolute atomic E-state index is 0.181. The lowest BCUT2D eigenvalue weighted by molar-refractivity contribution is -0.00318. The highest BCUT2D eigenvalue weighted by Gasteiger charge is 2.53. The van der Waals surface area contributed by atoms with E-state index in [0.29, 0.717) is 23.3 Å². The van der Waals surface area contributed by atoms with Crippen molar-refractivity contribution < 1.29 is 9.90 Å². The number of nitrogens with zero attached hydrogens (tertiary/aromatic N) is 2. The second-order valence-corrected chi connectivity index (χ2v) is 5.79. The van der Waals surface area contributed by atoms with Crippen molar-refractivity contribution in [1.82, 2.24) is 14.9 Å². The molecule has 1 amide bonds. The predicted octanol–water partition coefficient (Wildman–Crippen LogP) is 0.819. The quantitative estimate of drug-likeness (QED) is 0.814. The Morgan fingerprint density at radius 2 is 2.12 bits per heavy atom. The van der Waals surface area contributed by atoms with Gasteiger partial charge in [-0.15, -0.1) is 5.10 Å². The summed E-state index contributed by atoms with van der Waals surface area (Å²) in [7, 11) is 0. The number of amides is 1. The van der Waals surface area contributed by atoms with E-state index in [9.17, 15) is 9.90 Å². The summed E-state index contributed by atoms with van der Waals surface area (Å²) in [5.41, 5.74) is -0.673. The minimum Gasteiger partial charge on any atom is -0.387 e. The number of aromatic nitrogens is 2. The minimum atomic E-state index is -0.673. The molecule has 5 nitrogen and oxygen atoms in total. The van der Waals surface area contributed by atoms with E-state index < -0.39 is 5.60 Å². The first kappa shape index (κ1) is 11.1. The molecule has 1 aromatic rings. The summed E-state index contributed by atoms with van der Waals surface area (Å²) in [4.78, 5) is 12.2. The van der Waals surface area contributed by atoms with Crippen molar-refractivity contribution in [2.45, 2.75) is 31.3 Å². The maximum atomic E-state index is 11.7. The number of carbonyl (C=O) groups excluding carboxylic acids is 1. The van der Waals surface area contributed by atoms with Crippen molar-refractivity contribution in [3.8, 4) is 0 Å². The van der Waals surface area contributed by atoms with E-state index in [1.54, 1.807) is 0 Å². The number of hydrogen-bond acceptors (Lipinski definition) is 5. The molecule has 6 heteroatoms. The van der Waals surface area contributed by atoms with Gasteiger partial charge in [0.2, 0.25) is 0 Å². The topological polar surface area (TPSA) is 75.1 Å². The largest absolute Gasteiger partial charge is 0.387 e. The van der Waals surface area contributed by atoms with E-state index in [4.69, 9.17) is 0 Å². The zero-order chi connectivity index (χ0) is 11.9. The van der Waals surface area contributed by atoms with Crippen LogP contribution >= 0.6 is 11.5 Å². The van der Waals surface area contributed by atoms with Gasteiger partial charge < -0.3 is 10.4 Å². The van der Waals surface area contributed by atoms with Crippen LogP contribution in [0.2, 0.25) is 0 Å². The average molecular weight is 253 g/mol. The molecule has 3 rings (SSSR count). The van der Waals surface area contributed by atoms with Gasteiger partial charge in [-0.1, -0.05) is 4.49 Å². The lowest BCUT2D eigenvalue weighted by Gasteiger charge is -2.28. The van der Waals surface area contributed by atoms with Crippen LogP contribution in [-0.4, -0.2) is 32.7 Å². The molecule has 0 unspecified atom stereocenters. The van der Waals surface area contributed by atoms with Crippen LogP contribution in [0.4, 0.5) is 0 Å². The number of aliphatic hydroxyl groups is 1. The molecule has 2 aliphatic rings. The third kappa shape index (κ3) is 2.19. The van der Waals surface area contributed by atoms with E-state index in [2.05, 4.69) is 14.9 Å². The molecule has 0 aromatic carbocycles. The summed E-state index contributed by atoms with van der Waals surface area (Å²) in [6, 6.07) is 0. The molecule has 1 heterocycles. The Bertz CT molecular complexity index is 400. The Morgan fingerprint density at radius 1 is 1.47 bits per heavy atom. The first-order valence-electron chi connectivity index (χ1n) is 5.98. The third-order valence-electron chi connectivity index (χ3n) is 3.69. The average Bonchev–Trinajstić information content (AvgIpc) is 3.23. The fraction of sp³-hybridized carbons (Fsp3) is 0.727. The van der Waals surface area contributed by atoms with Crippen molar-refractivity contribution >= 4 is 17.4 Å². The second kappa shape index (κ2) is 4.03. The van der Waals surface area contributed by atoms with Crippen LogP contribution < -0.4 is 5.32 Å². The van der Waals surface area contributed by atoms with Crippen LogP contribution in [0, 0.1) is 11.8 Å². The SMILES string of the molecule is O=C(NCC(O)(C1CC1)C1CC1)c1cnns1. The first-order chi connectivity index (χ1) is 8.20. The van der Waals surface area contributed by atoms with Crippen LogP contribution in [0.5, 0.6) is 0 Å². The predicted molar refractivity (Wildman–Crippen MR) is 62.6 cm³/mol. The van der Waals surface area contributed by atoms with Gasteiger partial charge in [0.25, 0.3) is 5.91 Å². The molecule has 0 saturated heterocycles. The molecule has 0 radical (unpaired) electrons. The fourth-order valence-corrected chi connectivity index (χ4v) is 2.80. The number of hydrogen-bond donors (Lipinski definition) is 2. The van der Waals surface area contributed by atoms with Gasteiger partial charge in [0.1, 0.15) is 4.88 Å². The monoisotopic (exact) mass is 253 g/mol. The highest BCUT2D eigenvalue weighted by Crippen LogP contribution is 2.51. The van der Waals surface area contributed by atoms with Crippen LogP contribution in [0.25, 0.3) is 0 Å². The molecule has 2 N–H and O–H groups in total. The molecule has 0 bridgehead atoms. The Morgan fingerprint density at radius 3 is 2.59 bits per heavy atom. The zero-order valence-corrected chi connectivity index (χ0v) is 10.2. The number of nitrogens with one attached hydrogen (secondary N) is 1. The van der Waals surface area contributed by atoms with E-state index in [0.717, 1.165) is 37.2 Å². The van der Waals surface area contributed by atoms with Gasteiger partial charge in [-0.3, -0.25) is 4.79 Å². The molecule has 0 atom stereocenters. The Hall–Kier alpha value is -1.01. The molecule has 0 spiro atoms. The van der Waals surface area contributed by atoms with E-state index in [-0.39, 0.29) is 5.91 Å². The van der Waals surface area contributed by atoms with Gasteiger partial charge in [0, 0.05) is 6.54 Å². The zero-order valence-electron chi connectivity index (χ0n) is 9.43. The molecule has 2 fully saturated rings. The normalized spacial score (nSPS) is 20.3. The van der Waals surface area contributed by atoms with E-state index in [1.807, 2.05) is 0 Å².